The number of rotatable bonds is 2. The van der Waals surface area contributed by atoms with Crippen LogP contribution in [0.3, 0.4) is 0 Å². The maximum Gasteiger partial charge on any atom is 0.262 e. The van der Waals surface area contributed by atoms with E-state index in [4.69, 9.17) is 10.1 Å². The van der Waals surface area contributed by atoms with Crippen molar-refractivity contribution in [1.82, 2.24) is 10.2 Å². The third kappa shape index (κ3) is 1.65. The average Bonchev–Trinajstić information content (AvgIpc) is 3.04. The van der Waals surface area contributed by atoms with Crippen molar-refractivity contribution < 1.29 is 9.53 Å². The summed E-state index contributed by atoms with van der Waals surface area (Å²) in [5, 5.41) is 11.0. The van der Waals surface area contributed by atoms with E-state index in [9.17, 15) is 4.79 Å². The van der Waals surface area contributed by atoms with Crippen LogP contribution in [-0.4, -0.2) is 36.5 Å². The molecular weight excluding hydrogens is 242 g/mol. The van der Waals surface area contributed by atoms with Gasteiger partial charge in [0, 0.05) is 13.7 Å². The monoisotopic (exact) mass is 259 g/mol. The van der Waals surface area contributed by atoms with Crippen LogP contribution in [0.25, 0.3) is 0 Å². The van der Waals surface area contributed by atoms with Gasteiger partial charge in [0.05, 0.1) is 6.10 Å². The molecule has 100 valence electrons. The van der Waals surface area contributed by atoms with Gasteiger partial charge in [0.15, 0.2) is 11.5 Å². The highest BCUT2D eigenvalue weighted by atomic mass is 16.5. The van der Waals surface area contributed by atoms with Crippen molar-refractivity contribution in [3.8, 4) is 0 Å². The van der Waals surface area contributed by atoms with Crippen LogP contribution in [0.5, 0.6) is 0 Å². The predicted octanol–water partition coefficient (Wildman–Crippen LogP) is 1.06. The Labute approximate surface area is 112 Å². The van der Waals surface area contributed by atoms with Gasteiger partial charge >= 0.3 is 0 Å². The van der Waals surface area contributed by atoms with Crippen LogP contribution in [0.2, 0.25) is 0 Å². The van der Waals surface area contributed by atoms with Crippen molar-refractivity contribution in [2.75, 3.05) is 13.7 Å². The first-order valence-corrected chi connectivity index (χ1v) is 6.48. The number of hydrogen-bond acceptors (Lipinski definition) is 3. The maximum absolute atomic E-state index is 12.7. The summed E-state index contributed by atoms with van der Waals surface area (Å²) in [6, 6.07) is 9.56. The molecule has 3 rings (SSSR count). The number of carbonyl (C=O) groups is 1. The van der Waals surface area contributed by atoms with Gasteiger partial charge in [-0.15, -0.1) is 0 Å². The molecule has 2 saturated heterocycles. The van der Waals surface area contributed by atoms with Gasteiger partial charge in [-0.2, -0.15) is 0 Å². The topological polar surface area (TPSA) is 65.4 Å². The molecule has 2 aliphatic rings. The molecule has 5 heteroatoms. The highest BCUT2D eigenvalue weighted by Gasteiger charge is 2.56. The molecule has 2 heterocycles. The third-order valence-corrected chi connectivity index (χ3v) is 3.93. The first-order chi connectivity index (χ1) is 9.16. The summed E-state index contributed by atoms with van der Waals surface area (Å²) < 4.78 is 5.76. The molecule has 0 saturated carbocycles. The van der Waals surface area contributed by atoms with Gasteiger partial charge in [0.25, 0.3) is 5.91 Å². The van der Waals surface area contributed by atoms with Crippen molar-refractivity contribution in [3.63, 3.8) is 0 Å². The molecule has 2 fully saturated rings. The fraction of sp³-hybridized carbons (Fsp3) is 0.429. The highest BCUT2D eigenvalue weighted by molar-refractivity contribution is 6.08. The first kappa shape index (κ1) is 12.2. The molecule has 0 bridgehead atoms. The first-order valence-electron chi connectivity index (χ1n) is 6.48. The van der Waals surface area contributed by atoms with Gasteiger partial charge in [-0.1, -0.05) is 30.3 Å². The van der Waals surface area contributed by atoms with Crippen LogP contribution in [0.15, 0.2) is 30.3 Å². The quantitative estimate of drug-likeness (QED) is 0.834. The van der Waals surface area contributed by atoms with Gasteiger partial charge in [-0.05, 0) is 18.4 Å². The van der Waals surface area contributed by atoms with Crippen LogP contribution < -0.4 is 5.32 Å². The summed E-state index contributed by atoms with van der Waals surface area (Å²) in [6.45, 7) is 0.672. The standard InChI is InChI=1S/C14H17N3O2/c1-17-12(18)14(16-13(17)15,11-8-5-9-19-11)10-6-3-2-4-7-10/h2-4,6-7,11H,5,8-9H2,1H3,(H2,15,16). The molecule has 2 N–H and O–H groups in total. The van der Waals surface area contributed by atoms with Crippen LogP contribution in [0, 0.1) is 5.41 Å². The number of hydrogen-bond donors (Lipinski definition) is 2. The molecule has 0 aromatic heterocycles. The zero-order chi connectivity index (χ0) is 13.5. The Bertz CT molecular complexity index is 511. The lowest BCUT2D eigenvalue weighted by Gasteiger charge is -2.32. The van der Waals surface area contributed by atoms with Crippen molar-refractivity contribution in [2.45, 2.75) is 24.5 Å². The normalized spacial score (nSPS) is 30.8. The van der Waals surface area contributed by atoms with Crippen LogP contribution in [-0.2, 0) is 15.1 Å². The third-order valence-electron chi connectivity index (χ3n) is 3.93. The molecule has 5 nitrogen and oxygen atoms in total. The maximum atomic E-state index is 12.7. The lowest BCUT2D eigenvalue weighted by Crippen LogP contribution is -2.53. The number of ether oxygens (including phenoxy) is 1. The average molecular weight is 259 g/mol. The molecule has 0 spiro atoms. The molecule has 1 amide bonds. The van der Waals surface area contributed by atoms with E-state index in [2.05, 4.69) is 5.32 Å². The molecule has 1 aromatic rings. The predicted molar refractivity (Wildman–Crippen MR) is 70.7 cm³/mol. The molecule has 2 unspecified atom stereocenters. The Morgan fingerprint density at radius 1 is 1.42 bits per heavy atom. The minimum absolute atomic E-state index is 0.115. The second-order valence-corrected chi connectivity index (χ2v) is 5.01. The molecule has 2 aliphatic heterocycles. The van der Waals surface area contributed by atoms with Crippen molar-refractivity contribution in [2.24, 2.45) is 0 Å². The summed E-state index contributed by atoms with van der Waals surface area (Å²) >= 11 is 0. The smallest absolute Gasteiger partial charge is 0.262 e. The minimum Gasteiger partial charge on any atom is -0.375 e. The number of nitrogens with one attached hydrogen (secondary N) is 2. The number of likely N-dealkylation sites (N-methyl/N-ethyl adjacent to an activating group) is 1. The Kier molecular flexibility index (Phi) is 2.78. The van der Waals surface area contributed by atoms with Crippen LogP contribution >= 0.6 is 0 Å². The van der Waals surface area contributed by atoms with Gasteiger partial charge < -0.3 is 10.1 Å². The van der Waals surface area contributed by atoms with E-state index < -0.39 is 5.54 Å². The number of carbonyl (C=O) groups excluding carboxylic acids is 1. The zero-order valence-electron chi connectivity index (χ0n) is 10.8. The van der Waals surface area contributed by atoms with E-state index in [1.165, 1.54) is 4.90 Å². The van der Waals surface area contributed by atoms with E-state index in [1.807, 2.05) is 30.3 Å². The molecule has 2 atom stereocenters. The SMILES string of the molecule is CN1C(=N)NC(c2ccccc2)(C2CCCO2)C1=O. The largest absolute Gasteiger partial charge is 0.375 e. The Morgan fingerprint density at radius 2 is 2.16 bits per heavy atom. The summed E-state index contributed by atoms with van der Waals surface area (Å²) in [6.07, 6.45) is 1.56. The van der Waals surface area contributed by atoms with Gasteiger partial charge in [0.2, 0.25) is 0 Å². The number of nitrogens with zero attached hydrogens (tertiary/aromatic N) is 1. The fourth-order valence-corrected chi connectivity index (χ4v) is 2.91. The van der Waals surface area contributed by atoms with Gasteiger partial charge in [-0.3, -0.25) is 15.1 Å². The molecule has 0 aliphatic carbocycles. The lowest BCUT2D eigenvalue weighted by molar-refractivity contribution is -0.135. The summed E-state index contributed by atoms with van der Waals surface area (Å²) in [4.78, 5) is 14.0. The summed E-state index contributed by atoms with van der Waals surface area (Å²) in [5.74, 6) is 0.0138. The van der Waals surface area contributed by atoms with Crippen molar-refractivity contribution in [3.05, 3.63) is 35.9 Å². The van der Waals surface area contributed by atoms with E-state index in [0.29, 0.717) is 6.61 Å². The number of benzene rings is 1. The lowest BCUT2D eigenvalue weighted by atomic mass is 9.83. The molecular formula is C14H17N3O2. The molecule has 19 heavy (non-hydrogen) atoms. The van der Waals surface area contributed by atoms with Gasteiger partial charge in [-0.25, -0.2) is 0 Å². The van der Waals surface area contributed by atoms with Crippen LogP contribution in [0.1, 0.15) is 18.4 Å². The fourth-order valence-electron chi connectivity index (χ4n) is 2.91. The number of amides is 1. The Morgan fingerprint density at radius 3 is 2.68 bits per heavy atom. The molecule has 1 aromatic carbocycles. The van der Waals surface area contributed by atoms with Gasteiger partial charge in [0.1, 0.15) is 0 Å². The van der Waals surface area contributed by atoms with Crippen molar-refractivity contribution >= 4 is 11.9 Å². The second kappa shape index (κ2) is 4.35. The number of guanidine groups is 1. The zero-order valence-corrected chi connectivity index (χ0v) is 10.8. The second-order valence-electron chi connectivity index (χ2n) is 5.01. The van der Waals surface area contributed by atoms with E-state index in [1.54, 1.807) is 7.05 Å². The van der Waals surface area contributed by atoms with E-state index in [0.717, 1.165) is 18.4 Å². The highest BCUT2D eigenvalue weighted by Crippen LogP contribution is 2.37. The minimum atomic E-state index is -0.941. The summed E-state index contributed by atoms with van der Waals surface area (Å²) in [7, 11) is 1.62. The van der Waals surface area contributed by atoms with Crippen LogP contribution in [0.4, 0.5) is 0 Å². The van der Waals surface area contributed by atoms with Crippen molar-refractivity contribution in [1.29, 1.82) is 5.41 Å². The van der Waals surface area contributed by atoms with E-state index in [-0.39, 0.29) is 18.0 Å². The molecule has 0 radical (unpaired) electrons. The Balaban J connectivity index is 2.11. The van der Waals surface area contributed by atoms with E-state index >= 15 is 0 Å². The Hall–Kier alpha value is -1.88. The summed E-state index contributed by atoms with van der Waals surface area (Å²) in [5.41, 5.74) is -0.0788.